The number of nitrogens with two attached hydrogens (primary N) is 1. The smallest absolute Gasteiger partial charge is 0.462 e. The van der Waals surface area contributed by atoms with Crippen LogP contribution in [0.25, 0.3) is 0 Å². The number of rotatable bonds is 20. The predicted molar refractivity (Wildman–Crippen MR) is 176 cm³/mol. The monoisotopic (exact) mass is 669 g/mol. The molecule has 0 aromatic heterocycles. The molecular formula is C34H56NO10P. The SMILES string of the molecule is CC[C@@H](C)CCCCC(=O)O[C@H]1CCC[C@H](/C=C/C=C/[C@@H](O)C[C@@H](OP(=O)(O)O)[C@@](O)(/C=C/[C@@H]2OC(=O)C=C[C@H]2CC)CCN)C1. The summed E-state index contributed by atoms with van der Waals surface area (Å²) in [5.41, 5.74) is 3.75. The average Bonchev–Trinajstić information content (AvgIpc) is 2.99. The van der Waals surface area contributed by atoms with Crippen LogP contribution in [0.3, 0.4) is 0 Å². The third-order valence-corrected chi connectivity index (χ3v) is 9.37. The maximum absolute atomic E-state index is 12.3. The number of phosphoric ester groups is 1. The molecule has 12 heteroatoms. The average molecular weight is 670 g/mol. The molecule has 1 aliphatic heterocycles. The molecule has 262 valence electrons. The van der Waals surface area contributed by atoms with E-state index in [1.165, 1.54) is 24.3 Å². The number of hydrogen-bond donors (Lipinski definition) is 5. The van der Waals surface area contributed by atoms with Crippen molar-refractivity contribution in [1.82, 2.24) is 0 Å². The third kappa shape index (κ3) is 15.2. The van der Waals surface area contributed by atoms with Crippen LogP contribution in [0.5, 0.6) is 0 Å². The number of allylic oxidation sites excluding steroid dienone is 3. The van der Waals surface area contributed by atoms with Gasteiger partial charge in [0.15, 0.2) is 0 Å². The van der Waals surface area contributed by atoms with E-state index in [2.05, 4.69) is 13.8 Å². The van der Waals surface area contributed by atoms with Gasteiger partial charge in [-0.15, -0.1) is 0 Å². The van der Waals surface area contributed by atoms with Gasteiger partial charge in [-0.1, -0.05) is 76.5 Å². The Kier molecular flexibility index (Phi) is 17.7. The first kappa shape index (κ1) is 40.1. The standard InChI is InChI=1S/C34H56NO10P/c1-4-25(3)11-6-9-16-32(37)43-29-15-10-13-26(23-29)12-7-8-14-28(36)24-31(45-46(40,41)42)34(39,21-22-35)20-19-30-27(5-2)17-18-33(38)44-30/h7-8,12,14,17-20,25-31,36,39H,4-6,9-11,13,15-16,21-24,35H2,1-3H3,(H2,40,41,42)/b12-7+,14-8+,20-19+/t25-,26+,27-,28-,29+,30+,31-,34-/m1/s1. The number of carbonyl (C=O) groups is 2. The fourth-order valence-corrected chi connectivity index (χ4v) is 6.46. The van der Waals surface area contributed by atoms with Crippen LogP contribution in [-0.2, 0) is 28.2 Å². The number of esters is 2. The number of hydrogen-bond acceptors (Lipinski definition) is 9. The highest BCUT2D eigenvalue weighted by Crippen LogP contribution is 2.42. The third-order valence-electron chi connectivity index (χ3n) is 8.84. The van der Waals surface area contributed by atoms with E-state index in [0.717, 1.165) is 51.4 Å². The summed E-state index contributed by atoms with van der Waals surface area (Å²) in [6.07, 6.45) is 17.3. The van der Waals surface area contributed by atoms with Crippen molar-refractivity contribution < 1.29 is 48.2 Å². The fraction of sp³-hybridized carbons (Fsp3) is 0.706. The highest BCUT2D eigenvalue weighted by molar-refractivity contribution is 7.46. The van der Waals surface area contributed by atoms with Crippen molar-refractivity contribution in [1.29, 1.82) is 0 Å². The molecule has 0 spiro atoms. The van der Waals surface area contributed by atoms with Gasteiger partial charge in [0.1, 0.15) is 23.9 Å². The van der Waals surface area contributed by atoms with Gasteiger partial charge < -0.3 is 35.2 Å². The zero-order valence-corrected chi connectivity index (χ0v) is 28.5. The molecule has 1 heterocycles. The first-order valence-electron chi connectivity index (χ1n) is 16.8. The van der Waals surface area contributed by atoms with Crippen LogP contribution < -0.4 is 5.73 Å². The first-order valence-corrected chi connectivity index (χ1v) is 18.3. The Balaban J connectivity index is 1.99. The number of carbonyl (C=O) groups excluding carboxylic acids is 2. The second-order valence-corrected chi connectivity index (χ2v) is 13.9. The van der Waals surface area contributed by atoms with Crippen LogP contribution in [0.1, 0.15) is 97.8 Å². The van der Waals surface area contributed by atoms with Gasteiger partial charge >= 0.3 is 19.8 Å². The van der Waals surface area contributed by atoms with E-state index in [1.807, 2.05) is 13.0 Å². The van der Waals surface area contributed by atoms with Crippen molar-refractivity contribution in [2.45, 2.75) is 128 Å². The van der Waals surface area contributed by atoms with E-state index in [9.17, 15) is 34.2 Å². The zero-order chi connectivity index (χ0) is 34.2. The van der Waals surface area contributed by atoms with Crippen LogP contribution >= 0.6 is 7.82 Å². The van der Waals surface area contributed by atoms with Crippen LogP contribution in [0.4, 0.5) is 0 Å². The number of aliphatic hydroxyl groups is 2. The Hall–Kier alpha value is -2.11. The lowest BCUT2D eigenvalue weighted by atomic mass is 9.86. The van der Waals surface area contributed by atoms with E-state index < -0.39 is 37.7 Å². The molecular weight excluding hydrogens is 613 g/mol. The van der Waals surface area contributed by atoms with Gasteiger partial charge in [-0.3, -0.25) is 9.32 Å². The molecule has 1 saturated carbocycles. The molecule has 0 bridgehead atoms. The summed E-state index contributed by atoms with van der Waals surface area (Å²) >= 11 is 0. The molecule has 2 rings (SSSR count). The topological polar surface area (TPSA) is 186 Å². The second-order valence-electron chi connectivity index (χ2n) is 12.7. The van der Waals surface area contributed by atoms with E-state index in [4.69, 9.17) is 19.7 Å². The Morgan fingerprint density at radius 1 is 1.22 bits per heavy atom. The lowest BCUT2D eigenvalue weighted by molar-refractivity contribution is -0.151. The number of phosphoric acid groups is 1. The summed E-state index contributed by atoms with van der Waals surface area (Å²) in [6.45, 7) is 6.27. The largest absolute Gasteiger partial charge is 0.469 e. The molecule has 46 heavy (non-hydrogen) atoms. The number of cyclic esters (lactones) is 1. The van der Waals surface area contributed by atoms with Gasteiger partial charge in [0.25, 0.3) is 0 Å². The van der Waals surface area contributed by atoms with Crippen molar-refractivity contribution in [3.8, 4) is 0 Å². The maximum Gasteiger partial charge on any atom is 0.469 e. The minimum absolute atomic E-state index is 0.0476. The maximum atomic E-state index is 12.3. The molecule has 0 aromatic carbocycles. The summed E-state index contributed by atoms with van der Waals surface area (Å²) in [4.78, 5) is 43.3. The summed E-state index contributed by atoms with van der Waals surface area (Å²) in [7, 11) is -5.08. The van der Waals surface area contributed by atoms with E-state index in [-0.39, 0.29) is 43.3 Å². The van der Waals surface area contributed by atoms with Crippen LogP contribution in [0, 0.1) is 17.8 Å². The van der Waals surface area contributed by atoms with E-state index in [1.54, 1.807) is 18.2 Å². The summed E-state index contributed by atoms with van der Waals surface area (Å²) in [5.74, 6) is 0.0647. The Morgan fingerprint density at radius 3 is 2.65 bits per heavy atom. The van der Waals surface area contributed by atoms with Gasteiger partial charge in [-0.05, 0) is 69.4 Å². The van der Waals surface area contributed by atoms with Crippen LogP contribution in [0.2, 0.25) is 0 Å². The normalized spacial score (nSPS) is 25.9. The number of unbranched alkanes of at least 4 members (excludes halogenated alkanes) is 1. The van der Waals surface area contributed by atoms with Crippen molar-refractivity contribution in [3.05, 3.63) is 48.6 Å². The molecule has 0 unspecified atom stereocenters. The molecule has 1 aliphatic carbocycles. The molecule has 0 saturated heterocycles. The van der Waals surface area contributed by atoms with Crippen molar-refractivity contribution in [3.63, 3.8) is 0 Å². The molecule has 11 nitrogen and oxygen atoms in total. The Labute approximate surface area is 274 Å². The summed E-state index contributed by atoms with van der Waals surface area (Å²) in [6, 6.07) is 0. The zero-order valence-electron chi connectivity index (χ0n) is 27.6. The van der Waals surface area contributed by atoms with Crippen LogP contribution in [-0.4, -0.2) is 68.5 Å². The Bertz CT molecular complexity index is 1100. The molecule has 2 aliphatic rings. The summed E-state index contributed by atoms with van der Waals surface area (Å²) < 4.78 is 27.9. The first-order chi connectivity index (χ1) is 21.8. The molecule has 6 N–H and O–H groups in total. The van der Waals surface area contributed by atoms with Gasteiger partial charge in [0.05, 0.1) is 6.10 Å². The van der Waals surface area contributed by atoms with E-state index in [0.29, 0.717) is 18.8 Å². The van der Waals surface area contributed by atoms with Gasteiger partial charge in [0, 0.05) is 24.8 Å². The molecule has 8 atom stereocenters. The molecule has 0 aromatic rings. The number of aliphatic hydroxyl groups excluding tert-OH is 1. The minimum Gasteiger partial charge on any atom is -0.462 e. The predicted octanol–water partition coefficient (Wildman–Crippen LogP) is 5.18. The highest BCUT2D eigenvalue weighted by atomic mass is 31.2. The van der Waals surface area contributed by atoms with Crippen LogP contribution in [0.15, 0.2) is 48.6 Å². The lowest BCUT2D eigenvalue weighted by Crippen LogP contribution is -2.45. The van der Waals surface area contributed by atoms with Crippen molar-refractivity contribution >= 4 is 19.8 Å². The minimum atomic E-state index is -5.08. The fourth-order valence-electron chi connectivity index (χ4n) is 5.86. The molecule has 0 radical (unpaired) electrons. The van der Waals surface area contributed by atoms with E-state index >= 15 is 0 Å². The summed E-state index contributed by atoms with van der Waals surface area (Å²) in [5, 5.41) is 22.2. The molecule has 0 amide bonds. The second kappa shape index (κ2) is 20.3. The lowest BCUT2D eigenvalue weighted by Gasteiger charge is -2.35. The Morgan fingerprint density at radius 2 is 1.98 bits per heavy atom. The highest BCUT2D eigenvalue weighted by Gasteiger charge is 2.40. The van der Waals surface area contributed by atoms with Gasteiger partial charge in [-0.2, -0.15) is 0 Å². The van der Waals surface area contributed by atoms with Gasteiger partial charge in [0.2, 0.25) is 0 Å². The molecule has 1 fully saturated rings. The number of ether oxygens (including phenoxy) is 2. The van der Waals surface area contributed by atoms with Crippen molar-refractivity contribution in [2.75, 3.05) is 6.54 Å². The van der Waals surface area contributed by atoms with Gasteiger partial charge in [-0.25, -0.2) is 9.36 Å². The quantitative estimate of drug-likeness (QED) is 0.0378. The van der Waals surface area contributed by atoms with Crippen molar-refractivity contribution in [2.24, 2.45) is 23.5 Å².